The van der Waals surface area contributed by atoms with Crippen LogP contribution in [0.4, 0.5) is 0 Å². The summed E-state index contributed by atoms with van der Waals surface area (Å²) >= 11 is 6.15. The van der Waals surface area contributed by atoms with Crippen LogP contribution in [-0.4, -0.2) is 12.2 Å². The molecule has 0 bridgehead atoms. The fourth-order valence-corrected chi connectivity index (χ4v) is 2.11. The van der Waals surface area contributed by atoms with E-state index in [0.717, 1.165) is 18.1 Å². The lowest BCUT2D eigenvalue weighted by Gasteiger charge is -2.54. The second-order valence-corrected chi connectivity index (χ2v) is 5.58. The van der Waals surface area contributed by atoms with Crippen LogP contribution in [0.25, 0.3) is 0 Å². The van der Waals surface area contributed by atoms with E-state index in [4.69, 9.17) is 16.3 Å². The Morgan fingerprint density at radius 2 is 1.93 bits per heavy atom. The SMILES string of the molecule is CC1(C)COC1(C)Cc1ccccc1Cl. The molecule has 0 N–H and O–H groups in total. The van der Waals surface area contributed by atoms with Crippen LogP contribution in [0.1, 0.15) is 26.3 Å². The molecule has 1 saturated heterocycles. The van der Waals surface area contributed by atoms with Gasteiger partial charge in [0.1, 0.15) is 0 Å². The van der Waals surface area contributed by atoms with Crippen molar-refractivity contribution in [2.45, 2.75) is 32.8 Å². The molecule has 82 valence electrons. The standard InChI is InChI=1S/C13H17ClO/c1-12(2)9-15-13(12,3)8-10-6-4-5-7-11(10)14/h4-7H,8-9H2,1-3H3. The number of hydrogen-bond acceptors (Lipinski definition) is 1. The first-order valence-corrected chi connectivity index (χ1v) is 5.70. The molecule has 1 aliphatic rings. The molecule has 1 fully saturated rings. The molecule has 1 aliphatic heterocycles. The normalized spacial score (nSPS) is 28.5. The Morgan fingerprint density at radius 3 is 2.40 bits per heavy atom. The molecule has 2 rings (SSSR count). The first kappa shape index (κ1) is 11.0. The molecule has 2 heteroatoms. The molecule has 1 aromatic carbocycles. The Hall–Kier alpha value is -0.530. The van der Waals surface area contributed by atoms with E-state index in [1.165, 1.54) is 5.56 Å². The Kier molecular flexibility index (Phi) is 2.56. The van der Waals surface area contributed by atoms with Gasteiger partial charge >= 0.3 is 0 Å². The molecule has 0 aromatic heterocycles. The molecule has 15 heavy (non-hydrogen) atoms. The molecule has 0 radical (unpaired) electrons. The summed E-state index contributed by atoms with van der Waals surface area (Å²) in [5.41, 5.74) is 1.35. The number of benzene rings is 1. The molecule has 0 aliphatic carbocycles. The first-order valence-electron chi connectivity index (χ1n) is 5.32. The number of ether oxygens (including phenoxy) is 1. The van der Waals surface area contributed by atoms with Gasteiger partial charge in [0.25, 0.3) is 0 Å². The van der Waals surface area contributed by atoms with E-state index in [1.54, 1.807) is 0 Å². The summed E-state index contributed by atoms with van der Waals surface area (Å²) in [6.07, 6.45) is 0.889. The van der Waals surface area contributed by atoms with Crippen molar-refractivity contribution in [3.8, 4) is 0 Å². The zero-order valence-corrected chi connectivity index (χ0v) is 10.3. The summed E-state index contributed by atoms with van der Waals surface area (Å²) in [5.74, 6) is 0. The molecular weight excluding hydrogens is 208 g/mol. The van der Waals surface area contributed by atoms with Crippen LogP contribution in [0.15, 0.2) is 24.3 Å². The van der Waals surface area contributed by atoms with Gasteiger partial charge in [0.15, 0.2) is 0 Å². The van der Waals surface area contributed by atoms with Gasteiger partial charge in [-0.25, -0.2) is 0 Å². The molecule has 1 nitrogen and oxygen atoms in total. The minimum Gasteiger partial charge on any atom is -0.374 e. The van der Waals surface area contributed by atoms with Crippen LogP contribution < -0.4 is 0 Å². The average Bonchev–Trinajstić information content (AvgIpc) is 2.20. The fraction of sp³-hybridized carbons (Fsp3) is 0.538. The third-order valence-electron chi connectivity index (χ3n) is 3.67. The van der Waals surface area contributed by atoms with E-state index in [0.29, 0.717) is 0 Å². The molecule has 1 unspecified atom stereocenters. The molecular formula is C13H17ClO. The second-order valence-electron chi connectivity index (χ2n) is 5.17. The van der Waals surface area contributed by atoms with Gasteiger partial charge in [-0.05, 0) is 18.6 Å². The van der Waals surface area contributed by atoms with Gasteiger partial charge in [-0.15, -0.1) is 0 Å². The Balaban J connectivity index is 2.20. The predicted molar refractivity (Wildman–Crippen MR) is 63.3 cm³/mol. The highest BCUT2D eigenvalue weighted by atomic mass is 35.5. The monoisotopic (exact) mass is 224 g/mol. The van der Waals surface area contributed by atoms with Gasteiger partial charge in [-0.2, -0.15) is 0 Å². The summed E-state index contributed by atoms with van der Waals surface area (Å²) in [6.45, 7) is 7.49. The van der Waals surface area contributed by atoms with Gasteiger partial charge in [0, 0.05) is 16.9 Å². The Labute approximate surface area is 96.4 Å². The summed E-state index contributed by atoms with van der Waals surface area (Å²) < 4.78 is 5.73. The van der Waals surface area contributed by atoms with E-state index in [-0.39, 0.29) is 11.0 Å². The van der Waals surface area contributed by atoms with Crippen molar-refractivity contribution in [2.75, 3.05) is 6.61 Å². The van der Waals surface area contributed by atoms with Gasteiger partial charge in [-0.1, -0.05) is 43.6 Å². The summed E-state index contributed by atoms with van der Waals surface area (Å²) in [7, 11) is 0. The zero-order valence-electron chi connectivity index (χ0n) is 9.51. The smallest absolute Gasteiger partial charge is 0.0768 e. The van der Waals surface area contributed by atoms with E-state index in [9.17, 15) is 0 Å². The summed E-state index contributed by atoms with van der Waals surface area (Å²) in [4.78, 5) is 0. The summed E-state index contributed by atoms with van der Waals surface area (Å²) in [6, 6.07) is 7.99. The average molecular weight is 225 g/mol. The first-order chi connectivity index (χ1) is 6.95. The minimum atomic E-state index is -0.0714. The van der Waals surface area contributed by atoms with Crippen molar-refractivity contribution < 1.29 is 4.74 Å². The fourth-order valence-electron chi connectivity index (χ4n) is 1.90. The lowest BCUT2D eigenvalue weighted by atomic mass is 9.69. The number of rotatable bonds is 2. The van der Waals surface area contributed by atoms with Crippen molar-refractivity contribution in [1.82, 2.24) is 0 Å². The molecule has 1 aromatic rings. The Bertz CT molecular complexity index is 373. The van der Waals surface area contributed by atoms with Crippen molar-refractivity contribution in [3.63, 3.8) is 0 Å². The van der Waals surface area contributed by atoms with E-state index in [1.807, 2.05) is 18.2 Å². The van der Waals surface area contributed by atoms with E-state index >= 15 is 0 Å². The van der Waals surface area contributed by atoms with E-state index < -0.39 is 0 Å². The van der Waals surface area contributed by atoms with E-state index in [2.05, 4.69) is 26.8 Å². The molecule has 1 atom stereocenters. The van der Waals surface area contributed by atoms with Crippen LogP contribution in [0.2, 0.25) is 5.02 Å². The minimum absolute atomic E-state index is 0.0714. The third-order valence-corrected chi connectivity index (χ3v) is 4.04. The van der Waals surface area contributed by atoms with Crippen molar-refractivity contribution in [1.29, 1.82) is 0 Å². The highest BCUT2D eigenvalue weighted by Gasteiger charge is 2.51. The number of halogens is 1. The maximum atomic E-state index is 6.15. The molecule has 0 saturated carbocycles. The molecule has 0 amide bonds. The lowest BCUT2D eigenvalue weighted by Crippen LogP contribution is -2.59. The molecule has 1 heterocycles. The van der Waals surface area contributed by atoms with Crippen molar-refractivity contribution >= 4 is 11.6 Å². The van der Waals surface area contributed by atoms with Gasteiger partial charge in [-0.3, -0.25) is 0 Å². The maximum Gasteiger partial charge on any atom is 0.0768 e. The quantitative estimate of drug-likeness (QED) is 0.745. The predicted octanol–water partition coefficient (Wildman–Crippen LogP) is 3.70. The van der Waals surface area contributed by atoms with Gasteiger partial charge in [0.05, 0.1) is 12.2 Å². The van der Waals surface area contributed by atoms with Gasteiger partial charge < -0.3 is 4.74 Å². The van der Waals surface area contributed by atoms with Crippen LogP contribution in [0, 0.1) is 5.41 Å². The highest BCUT2D eigenvalue weighted by Crippen LogP contribution is 2.46. The Morgan fingerprint density at radius 1 is 1.27 bits per heavy atom. The van der Waals surface area contributed by atoms with Crippen LogP contribution in [0.3, 0.4) is 0 Å². The third kappa shape index (κ3) is 1.79. The zero-order chi connectivity index (χ0) is 11.1. The van der Waals surface area contributed by atoms with Crippen molar-refractivity contribution in [2.24, 2.45) is 5.41 Å². The highest BCUT2D eigenvalue weighted by molar-refractivity contribution is 6.31. The van der Waals surface area contributed by atoms with Crippen molar-refractivity contribution in [3.05, 3.63) is 34.9 Å². The maximum absolute atomic E-state index is 6.15. The largest absolute Gasteiger partial charge is 0.374 e. The molecule has 0 spiro atoms. The topological polar surface area (TPSA) is 9.23 Å². The summed E-state index contributed by atoms with van der Waals surface area (Å²) in [5, 5.41) is 0.838. The second kappa shape index (κ2) is 3.50. The lowest BCUT2D eigenvalue weighted by molar-refractivity contribution is -0.241. The van der Waals surface area contributed by atoms with Crippen LogP contribution in [-0.2, 0) is 11.2 Å². The van der Waals surface area contributed by atoms with Crippen LogP contribution >= 0.6 is 11.6 Å². The number of hydrogen-bond donors (Lipinski definition) is 0. The van der Waals surface area contributed by atoms with Crippen LogP contribution in [0.5, 0.6) is 0 Å². The van der Waals surface area contributed by atoms with Gasteiger partial charge in [0.2, 0.25) is 0 Å².